The highest BCUT2D eigenvalue weighted by Gasteiger charge is 2.21. The van der Waals surface area contributed by atoms with Gasteiger partial charge in [-0.2, -0.15) is 5.10 Å². The predicted molar refractivity (Wildman–Crippen MR) is 88.0 cm³/mol. The van der Waals surface area contributed by atoms with Gasteiger partial charge in [0.1, 0.15) is 0 Å². The summed E-state index contributed by atoms with van der Waals surface area (Å²) >= 11 is 1.81. The van der Waals surface area contributed by atoms with Crippen molar-refractivity contribution in [3.8, 4) is 0 Å². The summed E-state index contributed by atoms with van der Waals surface area (Å²) < 4.78 is 0. The number of aromatic amines is 1. The van der Waals surface area contributed by atoms with Gasteiger partial charge >= 0.3 is 0 Å². The molecule has 2 aromatic heterocycles. The molecule has 1 unspecified atom stereocenters. The van der Waals surface area contributed by atoms with E-state index in [1.54, 1.807) is 6.20 Å². The number of nitrogens with zero attached hydrogens (tertiary/aromatic N) is 2. The molecule has 3 rings (SSSR count). The minimum Gasteiger partial charge on any atom is -0.352 e. The number of thiophene rings is 1. The van der Waals surface area contributed by atoms with E-state index in [2.05, 4.69) is 37.9 Å². The van der Waals surface area contributed by atoms with Gasteiger partial charge in [0, 0.05) is 30.2 Å². The smallest absolute Gasteiger partial charge is 0.254 e. The van der Waals surface area contributed by atoms with Crippen molar-refractivity contribution in [2.24, 2.45) is 5.92 Å². The summed E-state index contributed by atoms with van der Waals surface area (Å²) in [6.07, 6.45) is 3.98. The van der Waals surface area contributed by atoms with E-state index in [1.165, 1.54) is 17.7 Å². The van der Waals surface area contributed by atoms with Crippen LogP contribution in [0.15, 0.2) is 23.7 Å². The number of H-pyrrole nitrogens is 1. The van der Waals surface area contributed by atoms with Crippen molar-refractivity contribution in [1.29, 1.82) is 0 Å². The molecule has 0 aromatic carbocycles. The Labute approximate surface area is 134 Å². The number of carbonyl (C=O) groups excluding carboxylic acids is 1. The minimum atomic E-state index is -0.0263. The molecule has 0 saturated carbocycles. The molecule has 2 aromatic rings. The van der Waals surface area contributed by atoms with Gasteiger partial charge in [-0.05, 0) is 43.7 Å². The van der Waals surface area contributed by atoms with E-state index < -0.39 is 0 Å². The van der Waals surface area contributed by atoms with E-state index in [-0.39, 0.29) is 5.91 Å². The van der Waals surface area contributed by atoms with Crippen LogP contribution in [0.2, 0.25) is 0 Å². The van der Waals surface area contributed by atoms with Crippen LogP contribution in [-0.4, -0.2) is 40.6 Å². The van der Waals surface area contributed by atoms with E-state index in [0.29, 0.717) is 11.5 Å². The second-order valence-electron chi connectivity index (χ2n) is 5.94. The molecular weight excluding hydrogens is 296 g/mol. The summed E-state index contributed by atoms with van der Waals surface area (Å²) in [6.45, 7) is 5.85. The highest BCUT2D eigenvalue weighted by molar-refractivity contribution is 7.09. The van der Waals surface area contributed by atoms with Crippen molar-refractivity contribution in [1.82, 2.24) is 20.4 Å². The fourth-order valence-electron chi connectivity index (χ4n) is 3.00. The van der Waals surface area contributed by atoms with Gasteiger partial charge in [-0.1, -0.05) is 6.07 Å². The summed E-state index contributed by atoms with van der Waals surface area (Å²) in [7, 11) is 0. The summed E-state index contributed by atoms with van der Waals surface area (Å²) in [5, 5.41) is 11.9. The van der Waals surface area contributed by atoms with Crippen LogP contribution < -0.4 is 5.32 Å². The monoisotopic (exact) mass is 318 g/mol. The molecule has 1 atom stereocenters. The van der Waals surface area contributed by atoms with Gasteiger partial charge in [-0.15, -0.1) is 11.3 Å². The maximum Gasteiger partial charge on any atom is 0.254 e. The molecule has 0 bridgehead atoms. The van der Waals surface area contributed by atoms with Crippen molar-refractivity contribution >= 4 is 17.2 Å². The Morgan fingerprint density at radius 3 is 3.23 bits per heavy atom. The van der Waals surface area contributed by atoms with Crippen LogP contribution in [-0.2, 0) is 6.54 Å². The molecule has 118 valence electrons. The van der Waals surface area contributed by atoms with Crippen molar-refractivity contribution in [2.45, 2.75) is 26.3 Å². The predicted octanol–water partition coefficient (Wildman–Crippen LogP) is 2.42. The van der Waals surface area contributed by atoms with Crippen LogP contribution in [0.1, 0.15) is 33.8 Å². The van der Waals surface area contributed by atoms with Gasteiger partial charge in [0.05, 0.1) is 11.8 Å². The first-order valence-electron chi connectivity index (χ1n) is 7.75. The lowest BCUT2D eigenvalue weighted by Crippen LogP contribution is -2.40. The first-order chi connectivity index (χ1) is 10.7. The van der Waals surface area contributed by atoms with Gasteiger partial charge in [-0.25, -0.2) is 0 Å². The molecule has 1 fully saturated rings. The summed E-state index contributed by atoms with van der Waals surface area (Å²) in [5.41, 5.74) is 1.46. The average molecular weight is 318 g/mol. The molecule has 1 aliphatic heterocycles. The maximum absolute atomic E-state index is 12.1. The number of carbonyl (C=O) groups is 1. The number of piperidine rings is 1. The van der Waals surface area contributed by atoms with Gasteiger partial charge in [-0.3, -0.25) is 14.8 Å². The fourth-order valence-corrected chi connectivity index (χ4v) is 3.74. The third-order valence-electron chi connectivity index (χ3n) is 4.19. The Bertz CT molecular complexity index is 607. The molecular formula is C16H22N4OS. The lowest BCUT2D eigenvalue weighted by atomic mass is 9.98. The van der Waals surface area contributed by atoms with Crippen molar-refractivity contribution < 1.29 is 4.79 Å². The number of amides is 1. The molecule has 0 radical (unpaired) electrons. The zero-order chi connectivity index (χ0) is 15.4. The number of hydrogen-bond acceptors (Lipinski definition) is 4. The molecule has 3 heterocycles. The molecule has 1 saturated heterocycles. The molecule has 1 amide bonds. The fraction of sp³-hybridized carbons (Fsp3) is 0.500. The number of aromatic nitrogens is 2. The van der Waals surface area contributed by atoms with Crippen LogP contribution in [0, 0.1) is 12.8 Å². The standard InChI is InChI=1S/C16H22N4OS/c1-12-15(9-18-19-12)16(21)17-8-13-4-2-6-20(10-13)11-14-5-3-7-22-14/h3,5,7,9,13H,2,4,6,8,10-11H2,1H3,(H,17,21)(H,18,19). The van der Waals surface area contributed by atoms with Crippen LogP contribution in [0.3, 0.4) is 0 Å². The Balaban J connectivity index is 1.48. The first kappa shape index (κ1) is 15.2. The number of hydrogen-bond donors (Lipinski definition) is 2. The third kappa shape index (κ3) is 3.75. The lowest BCUT2D eigenvalue weighted by Gasteiger charge is -2.32. The molecule has 1 aliphatic rings. The summed E-state index contributed by atoms with van der Waals surface area (Å²) in [4.78, 5) is 16.0. The lowest BCUT2D eigenvalue weighted by molar-refractivity contribution is 0.0930. The van der Waals surface area contributed by atoms with Crippen LogP contribution >= 0.6 is 11.3 Å². The Hall–Kier alpha value is -1.66. The maximum atomic E-state index is 12.1. The Morgan fingerprint density at radius 1 is 1.59 bits per heavy atom. The average Bonchev–Trinajstić information content (AvgIpc) is 3.17. The van der Waals surface area contributed by atoms with Crippen molar-refractivity contribution in [2.75, 3.05) is 19.6 Å². The van der Waals surface area contributed by atoms with E-state index in [0.717, 1.165) is 31.9 Å². The van der Waals surface area contributed by atoms with E-state index in [9.17, 15) is 4.79 Å². The molecule has 0 spiro atoms. The third-order valence-corrected chi connectivity index (χ3v) is 5.05. The van der Waals surface area contributed by atoms with Gasteiger partial charge < -0.3 is 5.32 Å². The molecule has 6 heteroatoms. The molecule has 5 nitrogen and oxygen atoms in total. The number of aryl methyl sites for hydroxylation is 1. The van der Waals surface area contributed by atoms with E-state index in [4.69, 9.17) is 0 Å². The van der Waals surface area contributed by atoms with Crippen molar-refractivity contribution in [3.05, 3.63) is 39.8 Å². The van der Waals surface area contributed by atoms with Crippen LogP contribution in [0.25, 0.3) is 0 Å². The van der Waals surface area contributed by atoms with Crippen LogP contribution in [0.5, 0.6) is 0 Å². The largest absolute Gasteiger partial charge is 0.352 e. The Kier molecular flexibility index (Phi) is 4.90. The second-order valence-corrected chi connectivity index (χ2v) is 6.97. The van der Waals surface area contributed by atoms with Gasteiger partial charge in [0.25, 0.3) is 5.91 Å². The minimum absolute atomic E-state index is 0.0263. The summed E-state index contributed by atoms with van der Waals surface area (Å²) in [6, 6.07) is 4.30. The molecule has 2 N–H and O–H groups in total. The first-order valence-corrected chi connectivity index (χ1v) is 8.63. The molecule has 22 heavy (non-hydrogen) atoms. The Morgan fingerprint density at radius 2 is 2.50 bits per heavy atom. The van der Waals surface area contributed by atoms with E-state index in [1.807, 2.05) is 18.3 Å². The summed E-state index contributed by atoms with van der Waals surface area (Å²) in [5.74, 6) is 0.506. The van der Waals surface area contributed by atoms with Gasteiger partial charge in [0.15, 0.2) is 0 Å². The van der Waals surface area contributed by atoms with Crippen molar-refractivity contribution in [3.63, 3.8) is 0 Å². The zero-order valence-corrected chi connectivity index (χ0v) is 13.7. The normalized spacial score (nSPS) is 19.2. The van der Waals surface area contributed by atoms with E-state index >= 15 is 0 Å². The quantitative estimate of drug-likeness (QED) is 0.890. The number of nitrogens with one attached hydrogen (secondary N) is 2. The van der Waals surface area contributed by atoms with Gasteiger partial charge in [0.2, 0.25) is 0 Å². The zero-order valence-electron chi connectivity index (χ0n) is 12.8. The highest BCUT2D eigenvalue weighted by Crippen LogP contribution is 2.20. The molecule has 0 aliphatic carbocycles. The SMILES string of the molecule is Cc1[nH]ncc1C(=O)NCC1CCCN(Cc2cccs2)C1. The highest BCUT2D eigenvalue weighted by atomic mass is 32.1. The topological polar surface area (TPSA) is 61.0 Å². The second kappa shape index (κ2) is 7.07. The van der Waals surface area contributed by atoms with Crippen LogP contribution in [0.4, 0.5) is 0 Å². The number of likely N-dealkylation sites (tertiary alicyclic amines) is 1. The number of rotatable bonds is 5.